The third kappa shape index (κ3) is 1.86. The summed E-state index contributed by atoms with van der Waals surface area (Å²) >= 11 is 0. The summed E-state index contributed by atoms with van der Waals surface area (Å²) in [6.07, 6.45) is 1.97. The summed E-state index contributed by atoms with van der Waals surface area (Å²) < 4.78 is 0. The molecule has 17 heavy (non-hydrogen) atoms. The fourth-order valence-electron chi connectivity index (χ4n) is 2.21. The lowest BCUT2D eigenvalue weighted by Gasteiger charge is -2.17. The molecule has 0 bridgehead atoms. The smallest absolute Gasteiger partial charge is 0.182 e. The lowest BCUT2D eigenvalue weighted by molar-refractivity contribution is -0.103. The maximum atomic E-state index is 5.44. The van der Waals surface area contributed by atoms with Gasteiger partial charge in [0.1, 0.15) is 0 Å². The topological polar surface area (TPSA) is 18.5 Å². The van der Waals surface area contributed by atoms with Gasteiger partial charge in [-0.1, -0.05) is 30.3 Å². The molecule has 0 aromatic heterocycles. The van der Waals surface area contributed by atoms with Crippen LogP contribution in [0.15, 0.2) is 42.5 Å². The summed E-state index contributed by atoms with van der Waals surface area (Å²) in [6.45, 7) is 2.11. The first-order chi connectivity index (χ1) is 8.34. The van der Waals surface area contributed by atoms with E-state index in [1.54, 1.807) is 0 Å². The number of aryl methyl sites for hydroxylation is 2. The molecule has 2 aromatic rings. The quantitative estimate of drug-likeness (QED) is 0.640. The van der Waals surface area contributed by atoms with Crippen LogP contribution < -0.4 is 9.78 Å². The third-order valence-corrected chi connectivity index (χ3v) is 3.21. The number of hydrogen-bond donors (Lipinski definition) is 0. The lowest BCUT2D eigenvalue weighted by Crippen LogP contribution is -2.10. The van der Waals surface area contributed by atoms with E-state index in [4.69, 9.17) is 9.78 Å². The van der Waals surface area contributed by atoms with Gasteiger partial charge in [0, 0.05) is 5.56 Å². The minimum atomic E-state index is 0.819. The molecule has 2 heteroatoms. The van der Waals surface area contributed by atoms with E-state index < -0.39 is 0 Å². The van der Waals surface area contributed by atoms with Crippen molar-refractivity contribution in [2.24, 2.45) is 0 Å². The normalized spacial score (nSPS) is 13.5. The van der Waals surface area contributed by atoms with Crippen molar-refractivity contribution < 1.29 is 9.78 Å². The van der Waals surface area contributed by atoms with Crippen molar-refractivity contribution in [3.63, 3.8) is 0 Å². The molecule has 86 valence electrons. The standard InChI is InChI=1S/C15H14O2/c1-11-5-4-8-15-13(11)10-9-12-6-2-3-7-14(12)16-17-15/h2-8H,9-10H2,1H3. The highest BCUT2D eigenvalue weighted by Crippen LogP contribution is 2.29. The second kappa shape index (κ2) is 4.13. The molecular weight excluding hydrogens is 212 g/mol. The van der Waals surface area contributed by atoms with Crippen LogP contribution in [0.3, 0.4) is 0 Å². The maximum Gasteiger partial charge on any atom is 0.182 e. The van der Waals surface area contributed by atoms with Crippen LogP contribution in [0.5, 0.6) is 11.5 Å². The first kappa shape index (κ1) is 10.2. The van der Waals surface area contributed by atoms with Crippen LogP contribution in [-0.4, -0.2) is 0 Å². The first-order valence-electron chi connectivity index (χ1n) is 5.85. The van der Waals surface area contributed by atoms with Crippen LogP contribution in [0, 0.1) is 6.92 Å². The van der Waals surface area contributed by atoms with Gasteiger partial charge in [0.2, 0.25) is 0 Å². The highest BCUT2D eigenvalue weighted by atomic mass is 17.2. The van der Waals surface area contributed by atoms with Gasteiger partial charge in [0.05, 0.1) is 0 Å². The molecule has 0 N–H and O–H groups in total. The SMILES string of the molecule is Cc1cccc2c1CCc1ccccc1OO2. The third-order valence-electron chi connectivity index (χ3n) is 3.21. The highest BCUT2D eigenvalue weighted by Gasteiger charge is 2.14. The number of hydrogen-bond acceptors (Lipinski definition) is 2. The Morgan fingerprint density at radius 1 is 0.824 bits per heavy atom. The van der Waals surface area contributed by atoms with Crippen LogP contribution in [-0.2, 0) is 12.8 Å². The Morgan fingerprint density at radius 3 is 2.53 bits per heavy atom. The van der Waals surface area contributed by atoms with Crippen molar-refractivity contribution in [3.05, 3.63) is 59.2 Å². The van der Waals surface area contributed by atoms with E-state index >= 15 is 0 Å². The van der Waals surface area contributed by atoms with Gasteiger partial charge in [-0.2, -0.15) is 0 Å². The molecule has 0 radical (unpaired) electrons. The molecule has 0 spiro atoms. The predicted octanol–water partition coefficient (Wildman–Crippen LogP) is 3.47. The molecule has 0 amide bonds. The van der Waals surface area contributed by atoms with Crippen molar-refractivity contribution in [1.29, 1.82) is 0 Å². The summed E-state index contributed by atoms with van der Waals surface area (Å²) in [5.41, 5.74) is 3.69. The monoisotopic (exact) mass is 226 g/mol. The molecule has 3 rings (SSSR count). The number of para-hydroxylation sites is 1. The van der Waals surface area contributed by atoms with E-state index in [0.29, 0.717) is 0 Å². The van der Waals surface area contributed by atoms with Gasteiger partial charge in [-0.05, 0) is 43.0 Å². The highest BCUT2D eigenvalue weighted by molar-refractivity contribution is 5.42. The maximum absolute atomic E-state index is 5.44. The zero-order valence-electron chi connectivity index (χ0n) is 9.77. The minimum absolute atomic E-state index is 0.819. The molecule has 2 aromatic carbocycles. The van der Waals surface area contributed by atoms with Gasteiger partial charge < -0.3 is 0 Å². The van der Waals surface area contributed by atoms with Crippen LogP contribution in [0.2, 0.25) is 0 Å². The number of rotatable bonds is 0. The molecule has 0 aliphatic carbocycles. The molecule has 0 atom stereocenters. The van der Waals surface area contributed by atoms with Crippen molar-refractivity contribution in [2.45, 2.75) is 19.8 Å². The Labute approximate surface area is 101 Å². The van der Waals surface area contributed by atoms with Crippen molar-refractivity contribution in [3.8, 4) is 11.5 Å². The molecule has 0 unspecified atom stereocenters. The van der Waals surface area contributed by atoms with E-state index in [2.05, 4.69) is 19.1 Å². The van der Waals surface area contributed by atoms with E-state index in [0.717, 1.165) is 24.3 Å². The van der Waals surface area contributed by atoms with Crippen LogP contribution >= 0.6 is 0 Å². The fraction of sp³-hybridized carbons (Fsp3) is 0.200. The van der Waals surface area contributed by atoms with Gasteiger partial charge in [-0.25, -0.2) is 0 Å². The summed E-state index contributed by atoms with van der Waals surface area (Å²) in [5, 5.41) is 0. The summed E-state index contributed by atoms with van der Waals surface area (Å²) in [5.74, 6) is 1.65. The molecule has 0 fully saturated rings. The van der Waals surface area contributed by atoms with Crippen molar-refractivity contribution >= 4 is 0 Å². The minimum Gasteiger partial charge on any atom is -0.290 e. The zero-order chi connectivity index (χ0) is 11.7. The van der Waals surface area contributed by atoms with Crippen molar-refractivity contribution in [2.75, 3.05) is 0 Å². The van der Waals surface area contributed by atoms with Gasteiger partial charge in [0.25, 0.3) is 0 Å². The summed E-state index contributed by atoms with van der Waals surface area (Å²) in [6, 6.07) is 14.1. The largest absolute Gasteiger partial charge is 0.290 e. The Hall–Kier alpha value is -1.96. The van der Waals surface area contributed by atoms with Gasteiger partial charge in [-0.3, -0.25) is 9.78 Å². The van der Waals surface area contributed by atoms with Crippen LogP contribution in [0.25, 0.3) is 0 Å². The van der Waals surface area contributed by atoms with Crippen LogP contribution in [0.1, 0.15) is 16.7 Å². The summed E-state index contributed by atoms with van der Waals surface area (Å²) in [7, 11) is 0. The molecule has 1 heterocycles. The zero-order valence-corrected chi connectivity index (χ0v) is 9.77. The Balaban J connectivity index is 2.00. The van der Waals surface area contributed by atoms with Gasteiger partial charge >= 0.3 is 0 Å². The Kier molecular flexibility index (Phi) is 2.48. The molecule has 0 saturated carbocycles. The van der Waals surface area contributed by atoms with E-state index in [-0.39, 0.29) is 0 Å². The Morgan fingerprint density at radius 2 is 1.59 bits per heavy atom. The average molecular weight is 226 g/mol. The fourth-order valence-corrected chi connectivity index (χ4v) is 2.21. The summed E-state index contributed by atoms with van der Waals surface area (Å²) in [4.78, 5) is 10.8. The molecule has 0 saturated heterocycles. The second-order valence-electron chi connectivity index (χ2n) is 4.33. The molecule has 1 aliphatic heterocycles. The Bertz CT molecular complexity index is 546. The molecular formula is C15H14O2. The predicted molar refractivity (Wildman–Crippen MR) is 66.3 cm³/mol. The molecule has 1 aliphatic rings. The van der Waals surface area contributed by atoms with Crippen LogP contribution in [0.4, 0.5) is 0 Å². The van der Waals surface area contributed by atoms with E-state index in [1.165, 1.54) is 16.7 Å². The first-order valence-corrected chi connectivity index (χ1v) is 5.85. The van der Waals surface area contributed by atoms with Crippen molar-refractivity contribution in [1.82, 2.24) is 0 Å². The number of benzene rings is 2. The van der Waals surface area contributed by atoms with E-state index in [9.17, 15) is 0 Å². The molecule has 2 nitrogen and oxygen atoms in total. The average Bonchev–Trinajstić information content (AvgIpc) is 2.33. The van der Waals surface area contributed by atoms with E-state index in [1.807, 2.05) is 30.3 Å². The second-order valence-corrected chi connectivity index (χ2v) is 4.33. The lowest BCUT2D eigenvalue weighted by atomic mass is 9.99. The number of fused-ring (bicyclic) bond motifs is 2. The van der Waals surface area contributed by atoms with Gasteiger partial charge in [0.15, 0.2) is 11.5 Å². The van der Waals surface area contributed by atoms with Gasteiger partial charge in [-0.15, -0.1) is 0 Å².